The molecule has 0 atom stereocenters. The largest absolute Gasteiger partial charge is 0.450 e. The van der Waals surface area contributed by atoms with E-state index in [2.05, 4.69) is 5.16 Å². The third-order valence-electron chi connectivity index (χ3n) is 2.60. The molecule has 0 saturated carbocycles. The maximum Gasteiger partial charge on any atom is 0.311 e. The van der Waals surface area contributed by atoms with E-state index in [1.807, 2.05) is 0 Å². The lowest BCUT2D eigenvalue weighted by Gasteiger charge is -2.07. The molecule has 0 amide bonds. The Hall–Kier alpha value is -3.16. The molecule has 0 spiro atoms. The molecular weight excluding hydrogens is 281 g/mol. The van der Waals surface area contributed by atoms with Gasteiger partial charge in [0.05, 0.1) is 4.92 Å². The van der Waals surface area contributed by atoms with E-state index < -0.39 is 10.7 Å². The Morgan fingerprint density at radius 3 is 2.52 bits per heavy atom. The first-order valence-electron chi connectivity index (χ1n) is 5.71. The topological polar surface area (TPSA) is 111 Å². The standard InChI is InChI=1S/C13H10FN3O4/c14-9-3-6-11(17(19)20)12(7-9)21-10-4-1-8(2-5-10)13(15)16-18/h1-7,18H,(H2,15,16). The molecular formula is C13H10FN3O4. The van der Waals surface area contributed by atoms with Crippen molar-refractivity contribution < 1.29 is 19.3 Å². The number of nitrogens with two attached hydrogens (primary N) is 1. The van der Waals surface area contributed by atoms with Crippen molar-refractivity contribution in [3.05, 3.63) is 64.0 Å². The number of benzene rings is 2. The van der Waals surface area contributed by atoms with Gasteiger partial charge in [-0.2, -0.15) is 0 Å². The van der Waals surface area contributed by atoms with Gasteiger partial charge in [-0.1, -0.05) is 5.16 Å². The molecule has 0 aliphatic rings. The van der Waals surface area contributed by atoms with Gasteiger partial charge in [0.1, 0.15) is 11.6 Å². The highest BCUT2D eigenvalue weighted by Crippen LogP contribution is 2.31. The number of nitro groups is 1. The van der Waals surface area contributed by atoms with Gasteiger partial charge in [-0.25, -0.2) is 4.39 Å². The molecule has 0 aromatic heterocycles. The summed E-state index contributed by atoms with van der Waals surface area (Å²) in [6.07, 6.45) is 0. The number of hydrogen-bond acceptors (Lipinski definition) is 5. The Morgan fingerprint density at radius 2 is 1.95 bits per heavy atom. The molecule has 2 aromatic rings. The molecule has 108 valence electrons. The van der Waals surface area contributed by atoms with Crippen molar-refractivity contribution in [1.82, 2.24) is 0 Å². The van der Waals surface area contributed by atoms with E-state index >= 15 is 0 Å². The Labute approximate surface area is 118 Å². The van der Waals surface area contributed by atoms with Crippen LogP contribution in [0.3, 0.4) is 0 Å². The summed E-state index contributed by atoms with van der Waals surface area (Å²) in [7, 11) is 0. The summed E-state index contributed by atoms with van der Waals surface area (Å²) in [5.74, 6) is -0.697. The molecule has 0 heterocycles. The molecule has 21 heavy (non-hydrogen) atoms. The molecule has 0 saturated heterocycles. The van der Waals surface area contributed by atoms with E-state index in [9.17, 15) is 14.5 Å². The summed E-state index contributed by atoms with van der Waals surface area (Å²) in [5, 5.41) is 22.2. The molecule has 0 radical (unpaired) electrons. The number of amidine groups is 1. The summed E-state index contributed by atoms with van der Waals surface area (Å²) in [4.78, 5) is 10.2. The predicted octanol–water partition coefficient (Wildman–Crippen LogP) is 2.62. The van der Waals surface area contributed by atoms with Gasteiger partial charge >= 0.3 is 5.69 Å². The highest BCUT2D eigenvalue weighted by Gasteiger charge is 2.16. The van der Waals surface area contributed by atoms with Crippen molar-refractivity contribution in [3.8, 4) is 11.5 Å². The van der Waals surface area contributed by atoms with Crippen LogP contribution in [0.25, 0.3) is 0 Å². The summed E-state index contributed by atoms with van der Waals surface area (Å²) in [6, 6.07) is 8.84. The van der Waals surface area contributed by atoms with Crippen molar-refractivity contribution in [2.24, 2.45) is 10.9 Å². The van der Waals surface area contributed by atoms with Crippen LogP contribution in [0.1, 0.15) is 5.56 Å². The molecule has 2 rings (SSSR count). The minimum Gasteiger partial charge on any atom is -0.450 e. The number of ether oxygens (including phenoxy) is 1. The van der Waals surface area contributed by atoms with Gasteiger partial charge in [0.15, 0.2) is 5.84 Å². The molecule has 0 unspecified atom stereocenters. The quantitative estimate of drug-likeness (QED) is 0.296. The first kappa shape index (κ1) is 14.3. The average Bonchev–Trinajstić information content (AvgIpc) is 2.47. The van der Waals surface area contributed by atoms with Gasteiger partial charge in [-0.05, 0) is 30.3 Å². The lowest BCUT2D eigenvalue weighted by molar-refractivity contribution is -0.385. The fraction of sp³-hybridized carbons (Fsp3) is 0. The van der Waals surface area contributed by atoms with Gasteiger partial charge < -0.3 is 15.7 Å². The third-order valence-corrected chi connectivity index (χ3v) is 2.60. The van der Waals surface area contributed by atoms with Crippen LogP contribution < -0.4 is 10.5 Å². The van der Waals surface area contributed by atoms with Gasteiger partial charge in [0, 0.05) is 17.7 Å². The normalized spacial score (nSPS) is 11.2. The zero-order valence-corrected chi connectivity index (χ0v) is 10.6. The molecule has 2 aromatic carbocycles. The highest BCUT2D eigenvalue weighted by molar-refractivity contribution is 5.97. The van der Waals surface area contributed by atoms with Crippen molar-refractivity contribution in [2.45, 2.75) is 0 Å². The maximum absolute atomic E-state index is 13.2. The SMILES string of the molecule is N/C(=N\O)c1ccc(Oc2cc(F)ccc2[N+](=O)[O-])cc1. The van der Waals surface area contributed by atoms with Crippen LogP contribution in [0.15, 0.2) is 47.6 Å². The van der Waals surface area contributed by atoms with E-state index in [0.29, 0.717) is 5.56 Å². The summed E-state index contributed by atoms with van der Waals surface area (Å²) in [5.41, 5.74) is 5.49. The van der Waals surface area contributed by atoms with Crippen LogP contribution >= 0.6 is 0 Å². The second-order valence-corrected chi connectivity index (χ2v) is 3.98. The maximum atomic E-state index is 13.2. The monoisotopic (exact) mass is 291 g/mol. The first-order valence-corrected chi connectivity index (χ1v) is 5.71. The van der Waals surface area contributed by atoms with Crippen molar-refractivity contribution in [3.63, 3.8) is 0 Å². The number of oxime groups is 1. The summed E-state index contributed by atoms with van der Waals surface area (Å²) < 4.78 is 18.5. The first-order chi connectivity index (χ1) is 10.0. The molecule has 0 fully saturated rings. The summed E-state index contributed by atoms with van der Waals surface area (Å²) in [6.45, 7) is 0. The predicted molar refractivity (Wildman–Crippen MR) is 72.1 cm³/mol. The zero-order valence-electron chi connectivity index (χ0n) is 10.6. The van der Waals surface area contributed by atoms with Crippen molar-refractivity contribution in [2.75, 3.05) is 0 Å². The minimum absolute atomic E-state index is 0.0849. The van der Waals surface area contributed by atoms with Crippen LogP contribution in [-0.4, -0.2) is 16.0 Å². The van der Waals surface area contributed by atoms with Gasteiger partial charge in [0.25, 0.3) is 0 Å². The van der Waals surface area contributed by atoms with Crippen molar-refractivity contribution >= 4 is 11.5 Å². The van der Waals surface area contributed by atoms with Crippen LogP contribution in [0.5, 0.6) is 11.5 Å². The highest BCUT2D eigenvalue weighted by atomic mass is 19.1. The minimum atomic E-state index is -0.667. The zero-order chi connectivity index (χ0) is 15.4. The molecule has 0 bridgehead atoms. The Bertz CT molecular complexity index is 701. The van der Waals surface area contributed by atoms with E-state index in [-0.39, 0.29) is 23.0 Å². The number of hydrogen-bond donors (Lipinski definition) is 2. The van der Waals surface area contributed by atoms with Gasteiger partial charge in [-0.3, -0.25) is 10.1 Å². The second kappa shape index (κ2) is 5.87. The van der Waals surface area contributed by atoms with Crippen molar-refractivity contribution in [1.29, 1.82) is 0 Å². The van der Waals surface area contributed by atoms with Gasteiger partial charge in [0.2, 0.25) is 5.75 Å². The average molecular weight is 291 g/mol. The molecule has 3 N–H and O–H groups in total. The fourth-order valence-corrected chi connectivity index (χ4v) is 1.60. The Kier molecular flexibility index (Phi) is 3.98. The van der Waals surface area contributed by atoms with E-state index in [1.165, 1.54) is 24.3 Å². The van der Waals surface area contributed by atoms with Crippen LogP contribution in [0, 0.1) is 15.9 Å². The lowest BCUT2D eigenvalue weighted by Crippen LogP contribution is -2.12. The van der Waals surface area contributed by atoms with E-state index in [0.717, 1.165) is 18.2 Å². The smallest absolute Gasteiger partial charge is 0.311 e. The van der Waals surface area contributed by atoms with Gasteiger partial charge in [-0.15, -0.1) is 0 Å². The number of rotatable bonds is 4. The van der Waals surface area contributed by atoms with Crippen LogP contribution in [-0.2, 0) is 0 Å². The van der Waals surface area contributed by atoms with E-state index in [1.54, 1.807) is 0 Å². The molecule has 7 nitrogen and oxygen atoms in total. The third kappa shape index (κ3) is 3.24. The van der Waals surface area contributed by atoms with E-state index in [4.69, 9.17) is 15.7 Å². The lowest BCUT2D eigenvalue weighted by atomic mass is 10.2. The molecule has 0 aliphatic heterocycles. The number of nitro benzene ring substituents is 1. The second-order valence-electron chi connectivity index (χ2n) is 3.98. The van der Waals surface area contributed by atoms with Crippen LogP contribution in [0.4, 0.5) is 10.1 Å². The number of halogens is 1. The van der Waals surface area contributed by atoms with Crippen LogP contribution in [0.2, 0.25) is 0 Å². The summed E-state index contributed by atoms with van der Waals surface area (Å²) >= 11 is 0. The number of nitrogens with zero attached hydrogens (tertiary/aromatic N) is 2. The molecule has 8 heteroatoms. The Balaban J connectivity index is 2.30. The Morgan fingerprint density at radius 1 is 1.29 bits per heavy atom. The fourth-order valence-electron chi connectivity index (χ4n) is 1.60. The molecule has 0 aliphatic carbocycles.